The molecule has 61 heavy (non-hydrogen) atoms. The first-order chi connectivity index (χ1) is 29.1. The number of hydrogen-bond donors (Lipinski definition) is 4. The second kappa shape index (κ2) is 23.2. The minimum Gasteiger partial charge on any atom is -0.461 e. The summed E-state index contributed by atoms with van der Waals surface area (Å²) >= 11 is 0. The molecule has 6 rings (SSSR count). The molecule has 0 saturated carbocycles. The van der Waals surface area contributed by atoms with Gasteiger partial charge in [0.2, 0.25) is 30.4 Å². The number of piperidine rings is 1. The average Bonchev–Trinajstić information content (AvgIpc) is 4.01. The Labute approximate surface area is 354 Å². The van der Waals surface area contributed by atoms with Gasteiger partial charge in [0, 0.05) is 38.0 Å². The van der Waals surface area contributed by atoms with E-state index < -0.39 is 41.9 Å². The number of amides is 6. The van der Waals surface area contributed by atoms with Crippen LogP contribution >= 0.6 is 0 Å². The number of urea groups is 1. The van der Waals surface area contributed by atoms with Crippen LogP contribution in [-0.4, -0.2) is 134 Å². The van der Waals surface area contributed by atoms with Crippen LogP contribution in [0.15, 0.2) is 36.4 Å². The maximum Gasteiger partial charge on any atom is 0.323 e. The summed E-state index contributed by atoms with van der Waals surface area (Å²) in [5.41, 5.74) is 1.17. The van der Waals surface area contributed by atoms with E-state index in [-0.39, 0.29) is 55.4 Å². The minimum absolute atomic E-state index is 0.0206. The van der Waals surface area contributed by atoms with Crippen LogP contribution in [0.3, 0.4) is 0 Å². The fraction of sp³-hybridized carbons (Fsp3) is 0.548. The molecule has 3 fully saturated rings. The molecule has 17 nitrogen and oxygen atoms in total. The number of nitrogens with one attached hydrogen (secondary N) is 4. The van der Waals surface area contributed by atoms with Gasteiger partial charge in [-0.25, -0.2) is 13.6 Å². The zero-order valence-corrected chi connectivity index (χ0v) is 35.3. The van der Waals surface area contributed by atoms with E-state index in [1.54, 1.807) is 48.8 Å². The standard InChI is InChI=1S/C24H38N4O6.C11H13N3O4.C7H6F2/c1-16(15-29)25-22(31)18-8-4-5-12-28(18)23(32)19-9-7-13-27(19)21(30)14-17(2)34-24(33)20-10-6-11-26(20)3;1-12-10(15)5-13-11(16)14-7-2-3-8-9(4-7)18-6-17-8;1-5-2-6(8)4-7(9)3-5/h15-20H,4-14H2,1-3H3,(H,25,31);2-4H,5-6H2,1H3,(H,12,15)(H2,13,14,16);2-4H,1H3. The van der Waals surface area contributed by atoms with Gasteiger partial charge in [0.1, 0.15) is 42.2 Å². The van der Waals surface area contributed by atoms with Gasteiger partial charge in [-0.3, -0.25) is 28.9 Å². The zero-order chi connectivity index (χ0) is 44.6. The average molecular weight is 858 g/mol. The summed E-state index contributed by atoms with van der Waals surface area (Å²) < 4.78 is 40.2. The summed E-state index contributed by atoms with van der Waals surface area (Å²) in [6.07, 6.45) is 5.20. The van der Waals surface area contributed by atoms with Crippen molar-refractivity contribution >= 4 is 47.6 Å². The number of aldehydes is 1. The van der Waals surface area contributed by atoms with Crippen LogP contribution in [0.25, 0.3) is 0 Å². The van der Waals surface area contributed by atoms with E-state index >= 15 is 0 Å². The summed E-state index contributed by atoms with van der Waals surface area (Å²) in [6, 6.07) is 5.87. The molecule has 19 heteroatoms. The Morgan fingerprint density at radius 2 is 1.51 bits per heavy atom. The van der Waals surface area contributed by atoms with Crippen LogP contribution in [-0.2, 0) is 33.5 Å². The van der Waals surface area contributed by atoms with Crippen LogP contribution in [0.2, 0.25) is 0 Å². The van der Waals surface area contributed by atoms with Gasteiger partial charge in [-0.2, -0.15) is 0 Å². The number of likely N-dealkylation sites (N-methyl/N-ethyl adjacent to an activating group) is 2. The maximum atomic E-state index is 13.5. The molecule has 6 amide bonds. The van der Waals surface area contributed by atoms with Crippen molar-refractivity contribution in [2.45, 2.75) is 102 Å². The lowest BCUT2D eigenvalue weighted by Gasteiger charge is -2.38. The van der Waals surface area contributed by atoms with Gasteiger partial charge < -0.3 is 50.1 Å². The predicted octanol–water partition coefficient (Wildman–Crippen LogP) is 3.03. The number of likely N-dealkylation sites (tertiary alicyclic amines) is 3. The highest BCUT2D eigenvalue weighted by Gasteiger charge is 2.41. The number of carbonyl (C=O) groups is 7. The smallest absolute Gasteiger partial charge is 0.323 e. The van der Waals surface area contributed by atoms with Gasteiger partial charge in [0.05, 0.1) is 19.0 Å². The molecule has 4 N–H and O–H groups in total. The number of esters is 1. The number of benzene rings is 2. The Morgan fingerprint density at radius 1 is 0.852 bits per heavy atom. The number of aryl methyl sites for hydroxylation is 1. The molecule has 2 aromatic carbocycles. The van der Waals surface area contributed by atoms with Crippen LogP contribution in [0.4, 0.5) is 19.3 Å². The van der Waals surface area contributed by atoms with Crippen molar-refractivity contribution in [1.29, 1.82) is 0 Å². The molecule has 0 bridgehead atoms. The molecule has 5 atom stereocenters. The number of hydrogen-bond acceptors (Lipinski definition) is 11. The first-order valence-corrected chi connectivity index (χ1v) is 20.4. The van der Waals surface area contributed by atoms with E-state index in [9.17, 15) is 42.3 Å². The van der Waals surface area contributed by atoms with Crippen LogP contribution in [0.5, 0.6) is 11.5 Å². The van der Waals surface area contributed by atoms with Crippen LogP contribution < -0.4 is 30.7 Å². The lowest BCUT2D eigenvalue weighted by Crippen LogP contribution is -2.58. The molecule has 2 aromatic rings. The molecule has 4 aliphatic heterocycles. The second-order valence-corrected chi connectivity index (χ2v) is 15.3. The normalized spacial score (nSPS) is 20.1. The third-order valence-corrected chi connectivity index (χ3v) is 10.4. The molecule has 0 radical (unpaired) electrons. The van der Waals surface area contributed by atoms with Crippen LogP contribution in [0, 0.1) is 18.6 Å². The summed E-state index contributed by atoms with van der Waals surface area (Å²) in [7, 11) is 3.39. The summed E-state index contributed by atoms with van der Waals surface area (Å²) in [4.78, 5) is 90.1. The molecule has 0 aliphatic carbocycles. The SMILES string of the molecule is CC(C=O)NC(=O)C1CCCCN1C(=O)C1CCCN1C(=O)CC(C)OC(=O)C1CCCN1C.CNC(=O)CNC(=O)Nc1ccc2c(c1)OCO2.Cc1cc(F)cc(F)c1. The van der Waals surface area contributed by atoms with Gasteiger partial charge in [-0.05, 0) is 109 Å². The van der Waals surface area contributed by atoms with E-state index in [4.69, 9.17) is 14.2 Å². The molecule has 334 valence electrons. The quantitative estimate of drug-likeness (QED) is 0.191. The maximum absolute atomic E-state index is 13.5. The molecule has 5 unspecified atom stereocenters. The number of halogens is 2. The van der Waals surface area contributed by atoms with E-state index in [0.717, 1.165) is 38.3 Å². The Kier molecular flexibility index (Phi) is 18.2. The second-order valence-electron chi connectivity index (χ2n) is 15.3. The molecule has 0 spiro atoms. The highest BCUT2D eigenvalue weighted by atomic mass is 19.1. The van der Waals surface area contributed by atoms with E-state index in [2.05, 4.69) is 21.3 Å². The highest BCUT2D eigenvalue weighted by Crippen LogP contribution is 2.34. The fourth-order valence-corrected chi connectivity index (χ4v) is 7.32. The molecular formula is C42H57F2N7O10. The number of carbonyl (C=O) groups excluding carboxylic acids is 7. The largest absolute Gasteiger partial charge is 0.461 e. The van der Waals surface area contributed by atoms with E-state index in [0.29, 0.717) is 61.4 Å². The number of ether oxygens (including phenoxy) is 3. The van der Waals surface area contributed by atoms with Crippen molar-refractivity contribution in [1.82, 2.24) is 30.7 Å². The molecular weight excluding hydrogens is 800 g/mol. The van der Waals surface area contributed by atoms with Crippen molar-refractivity contribution in [2.24, 2.45) is 0 Å². The van der Waals surface area contributed by atoms with Gasteiger partial charge in [-0.1, -0.05) is 0 Å². The van der Waals surface area contributed by atoms with Crippen molar-refractivity contribution in [2.75, 3.05) is 52.4 Å². The monoisotopic (exact) mass is 857 g/mol. The highest BCUT2D eigenvalue weighted by molar-refractivity contribution is 5.94. The molecule has 4 aliphatic rings. The van der Waals surface area contributed by atoms with E-state index in [1.807, 2.05) is 11.9 Å². The lowest BCUT2D eigenvalue weighted by atomic mass is 9.99. The Balaban J connectivity index is 0.000000249. The molecule has 0 aromatic heterocycles. The summed E-state index contributed by atoms with van der Waals surface area (Å²) in [5, 5.41) is 10.0. The Hall–Kier alpha value is -5.85. The van der Waals surface area contributed by atoms with Crippen molar-refractivity contribution in [3.05, 3.63) is 53.6 Å². The number of nitrogens with zero attached hydrogens (tertiary/aromatic N) is 3. The van der Waals surface area contributed by atoms with Gasteiger partial charge in [0.15, 0.2) is 11.5 Å². The first kappa shape index (κ1) is 47.8. The van der Waals surface area contributed by atoms with Gasteiger partial charge in [-0.15, -0.1) is 0 Å². The van der Waals surface area contributed by atoms with Crippen molar-refractivity contribution in [3.63, 3.8) is 0 Å². The van der Waals surface area contributed by atoms with Gasteiger partial charge in [0.25, 0.3) is 0 Å². The minimum atomic E-state index is -0.635. The summed E-state index contributed by atoms with van der Waals surface area (Å²) in [6.45, 7) is 6.82. The Morgan fingerprint density at radius 3 is 2.16 bits per heavy atom. The number of anilines is 1. The third kappa shape index (κ3) is 14.4. The zero-order valence-electron chi connectivity index (χ0n) is 35.3. The van der Waals surface area contributed by atoms with Gasteiger partial charge >= 0.3 is 12.0 Å². The lowest BCUT2D eigenvalue weighted by molar-refractivity contribution is -0.156. The Bertz CT molecular complexity index is 1840. The fourth-order valence-electron chi connectivity index (χ4n) is 7.32. The van der Waals surface area contributed by atoms with E-state index in [1.165, 1.54) is 19.2 Å². The summed E-state index contributed by atoms with van der Waals surface area (Å²) in [5.74, 6) is -1.16. The number of fused-ring (bicyclic) bond motifs is 1. The topological polar surface area (TPSA) is 205 Å². The molecule has 4 heterocycles. The predicted molar refractivity (Wildman–Crippen MR) is 218 cm³/mol. The van der Waals surface area contributed by atoms with Crippen molar-refractivity contribution in [3.8, 4) is 11.5 Å². The molecule has 3 saturated heterocycles. The first-order valence-electron chi connectivity index (χ1n) is 20.4. The van der Waals surface area contributed by atoms with Crippen LogP contribution in [0.1, 0.15) is 70.8 Å². The number of rotatable bonds is 11. The third-order valence-electron chi connectivity index (χ3n) is 10.4. The van der Waals surface area contributed by atoms with Crippen molar-refractivity contribution < 1.29 is 56.6 Å².